The van der Waals surface area contributed by atoms with E-state index >= 15 is 0 Å². The molecule has 1 amide bonds. The lowest BCUT2D eigenvalue weighted by Gasteiger charge is -2.26. The molecule has 0 aliphatic heterocycles. The van der Waals surface area contributed by atoms with E-state index in [1.165, 1.54) is 11.9 Å². The van der Waals surface area contributed by atoms with Crippen LogP contribution in [-0.4, -0.2) is 11.8 Å². The summed E-state index contributed by atoms with van der Waals surface area (Å²) >= 11 is 6.66. The first kappa shape index (κ1) is 17.3. The molecule has 5 heteroatoms. The summed E-state index contributed by atoms with van der Waals surface area (Å²) in [7, 11) is 0. The lowest BCUT2D eigenvalue weighted by atomic mass is 9.94. The maximum Gasteiger partial charge on any atom is 0.235 e. The molecule has 1 aromatic rings. The van der Waals surface area contributed by atoms with E-state index in [0.717, 1.165) is 10.5 Å². The lowest BCUT2D eigenvalue weighted by Crippen LogP contribution is -2.41. The van der Waals surface area contributed by atoms with Gasteiger partial charge in [0.1, 0.15) is 5.88 Å². The summed E-state index contributed by atoms with van der Waals surface area (Å²) in [6.45, 7) is 7.87. The summed E-state index contributed by atoms with van der Waals surface area (Å²) in [6, 6.07) is 7.75. The maximum atomic E-state index is 11.3. The molecule has 18 heavy (non-hydrogen) atoms. The largest absolute Gasteiger partial charge is 0.346 e. The van der Waals surface area contributed by atoms with Crippen molar-refractivity contribution in [2.75, 3.05) is 5.88 Å². The summed E-state index contributed by atoms with van der Waals surface area (Å²) < 4.78 is 0. The molecule has 0 aliphatic rings. The van der Waals surface area contributed by atoms with E-state index < -0.39 is 5.54 Å². The Morgan fingerprint density at radius 2 is 1.83 bits per heavy atom. The number of benzene rings is 1. The van der Waals surface area contributed by atoms with Crippen LogP contribution in [0.5, 0.6) is 0 Å². The third-order valence-corrected chi connectivity index (χ3v) is 3.07. The fourth-order valence-corrected chi connectivity index (χ4v) is 1.76. The number of rotatable bonds is 4. The van der Waals surface area contributed by atoms with Crippen LogP contribution in [0.25, 0.3) is 0 Å². The molecule has 0 aromatic heterocycles. The Bertz CT molecular complexity index is 366. The molecule has 1 rings (SSSR count). The third kappa shape index (κ3) is 5.29. The van der Waals surface area contributed by atoms with Gasteiger partial charge in [-0.15, -0.1) is 11.6 Å². The van der Waals surface area contributed by atoms with Gasteiger partial charge in [0.15, 0.2) is 0 Å². The molecular formula is C13H21ClN2OS. The summed E-state index contributed by atoms with van der Waals surface area (Å²) in [5.41, 5.74) is 0.591. The van der Waals surface area contributed by atoms with E-state index in [4.69, 9.17) is 16.7 Å². The standard InChI is InChI=1S/C11H15ClN2OS.C2H6/c1-11(2,14-10(15)7-12)8-3-5-9(16-13)6-4-8;1-2/h3-6H,7,13H2,1-2H3,(H,14,15);1-2H3. The first-order chi connectivity index (χ1) is 8.49. The Balaban J connectivity index is 0.00000137. The van der Waals surface area contributed by atoms with Crippen molar-refractivity contribution >= 4 is 29.5 Å². The van der Waals surface area contributed by atoms with Crippen molar-refractivity contribution in [1.29, 1.82) is 0 Å². The summed E-state index contributed by atoms with van der Waals surface area (Å²) in [6.07, 6.45) is 0. The predicted molar refractivity (Wildman–Crippen MR) is 79.7 cm³/mol. The Labute approximate surface area is 119 Å². The van der Waals surface area contributed by atoms with Crippen LogP contribution in [-0.2, 0) is 10.3 Å². The number of halogens is 1. The Morgan fingerprint density at radius 1 is 1.33 bits per heavy atom. The van der Waals surface area contributed by atoms with Crippen molar-refractivity contribution in [2.24, 2.45) is 5.14 Å². The molecule has 102 valence electrons. The van der Waals surface area contributed by atoms with Crippen LogP contribution in [0.2, 0.25) is 0 Å². The van der Waals surface area contributed by atoms with Crippen molar-refractivity contribution in [2.45, 2.75) is 38.1 Å². The van der Waals surface area contributed by atoms with Crippen LogP contribution in [0.4, 0.5) is 0 Å². The van der Waals surface area contributed by atoms with Gasteiger partial charge in [0.25, 0.3) is 0 Å². The molecule has 0 atom stereocenters. The minimum atomic E-state index is -0.427. The van der Waals surface area contributed by atoms with Crippen molar-refractivity contribution in [3.63, 3.8) is 0 Å². The molecule has 0 bridgehead atoms. The zero-order valence-corrected chi connectivity index (χ0v) is 12.9. The molecular weight excluding hydrogens is 268 g/mol. The van der Waals surface area contributed by atoms with Gasteiger partial charge in [-0.25, -0.2) is 0 Å². The van der Waals surface area contributed by atoms with E-state index in [9.17, 15) is 4.79 Å². The third-order valence-electron chi connectivity index (χ3n) is 2.29. The molecule has 3 nitrogen and oxygen atoms in total. The number of nitrogens with two attached hydrogens (primary N) is 1. The first-order valence-electron chi connectivity index (χ1n) is 5.84. The van der Waals surface area contributed by atoms with Crippen LogP contribution in [0.15, 0.2) is 29.2 Å². The van der Waals surface area contributed by atoms with Gasteiger partial charge >= 0.3 is 0 Å². The van der Waals surface area contributed by atoms with Gasteiger partial charge in [-0.05, 0) is 43.5 Å². The van der Waals surface area contributed by atoms with Gasteiger partial charge in [0.05, 0.1) is 5.54 Å². The second-order valence-corrected chi connectivity index (χ2v) is 4.92. The van der Waals surface area contributed by atoms with Gasteiger partial charge < -0.3 is 5.32 Å². The normalized spacial score (nSPS) is 10.3. The maximum absolute atomic E-state index is 11.3. The number of carbonyl (C=O) groups is 1. The van der Waals surface area contributed by atoms with E-state index in [0.29, 0.717) is 0 Å². The van der Waals surface area contributed by atoms with Crippen LogP contribution >= 0.6 is 23.5 Å². The average molecular weight is 289 g/mol. The van der Waals surface area contributed by atoms with Crippen molar-refractivity contribution < 1.29 is 4.79 Å². The molecule has 0 unspecified atom stereocenters. The van der Waals surface area contributed by atoms with Crippen molar-refractivity contribution in [3.8, 4) is 0 Å². The van der Waals surface area contributed by atoms with Crippen molar-refractivity contribution in [3.05, 3.63) is 29.8 Å². The predicted octanol–water partition coefficient (Wildman–Crippen LogP) is 3.27. The number of hydrogen-bond donors (Lipinski definition) is 2. The fourth-order valence-electron chi connectivity index (χ4n) is 1.40. The van der Waals surface area contributed by atoms with Crippen LogP contribution < -0.4 is 10.5 Å². The highest BCUT2D eigenvalue weighted by molar-refractivity contribution is 7.97. The lowest BCUT2D eigenvalue weighted by molar-refractivity contribution is -0.120. The van der Waals surface area contributed by atoms with E-state index in [1.807, 2.05) is 52.0 Å². The average Bonchev–Trinajstić information content (AvgIpc) is 2.40. The molecule has 0 saturated carbocycles. The van der Waals surface area contributed by atoms with Gasteiger partial charge in [0.2, 0.25) is 5.91 Å². The number of amides is 1. The van der Waals surface area contributed by atoms with E-state index in [1.54, 1.807) is 0 Å². The minimum absolute atomic E-state index is 0.0276. The SMILES string of the molecule is CC.CC(C)(NC(=O)CCl)c1ccc(SN)cc1. The molecule has 0 saturated heterocycles. The Hall–Kier alpha value is -0.710. The second kappa shape index (κ2) is 8.40. The highest BCUT2D eigenvalue weighted by Crippen LogP contribution is 2.22. The monoisotopic (exact) mass is 288 g/mol. The van der Waals surface area contributed by atoms with Gasteiger partial charge in [0, 0.05) is 4.90 Å². The number of carbonyl (C=O) groups excluding carboxylic acids is 1. The molecule has 0 heterocycles. The van der Waals surface area contributed by atoms with Gasteiger partial charge in [-0.2, -0.15) is 0 Å². The molecule has 0 spiro atoms. The Morgan fingerprint density at radius 3 is 2.22 bits per heavy atom. The molecule has 1 aromatic carbocycles. The number of alkyl halides is 1. The quantitative estimate of drug-likeness (QED) is 0.660. The number of hydrogen-bond acceptors (Lipinski definition) is 3. The topological polar surface area (TPSA) is 55.1 Å². The molecule has 0 radical (unpaired) electrons. The van der Waals surface area contributed by atoms with Crippen LogP contribution in [0.3, 0.4) is 0 Å². The highest BCUT2D eigenvalue weighted by Gasteiger charge is 2.22. The smallest absolute Gasteiger partial charge is 0.235 e. The van der Waals surface area contributed by atoms with Crippen LogP contribution in [0.1, 0.15) is 33.3 Å². The van der Waals surface area contributed by atoms with Gasteiger partial charge in [-0.3, -0.25) is 9.93 Å². The number of nitrogens with one attached hydrogen (secondary N) is 1. The molecule has 3 N–H and O–H groups in total. The fraction of sp³-hybridized carbons (Fsp3) is 0.462. The van der Waals surface area contributed by atoms with E-state index in [-0.39, 0.29) is 11.8 Å². The zero-order valence-electron chi connectivity index (χ0n) is 11.3. The molecule has 0 fully saturated rings. The summed E-state index contributed by atoms with van der Waals surface area (Å²) in [4.78, 5) is 12.2. The summed E-state index contributed by atoms with van der Waals surface area (Å²) in [5.74, 6) is -0.205. The minimum Gasteiger partial charge on any atom is -0.346 e. The van der Waals surface area contributed by atoms with E-state index in [2.05, 4.69) is 5.32 Å². The van der Waals surface area contributed by atoms with Crippen molar-refractivity contribution in [1.82, 2.24) is 5.32 Å². The first-order valence-corrected chi connectivity index (χ1v) is 7.25. The highest BCUT2D eigenvalue weighted by atomic mass is 35.5. The van der Waals surface area contributed by atoms with Gasteiger partial charge in [-0.1, -0.05) is 26.0 Å². The zero-order chi connectivity index (χ0) is 14.2. The van der Waals surface area contributed by atoms with Crippen LogP contribution in [0, 0.1) is 0 Å². The second-order valence-electron chi connectivity index (χ2n) is 3.95. The summed E-state index contributed by atoms with van der Waals surface area (Å²) in [5, 5.41) is 8.29. The Kier molecular flexibility index (Phi) is 8.07. The molecule has 0 aliphatic carbocycles.